The van der Waals surface area contributed by atoms with Crippen LogP contribution in [0.1, 0.15) is 13.3 Å². The number of benzene rings is 1. The fraction of sp³-hybridized carbons (Fsp3) is 0.538. The maximum Gasteiger partial charge on any atom is 0.0159 e. The Balaban J connectivity index is 2.22. The molecule has 0 aromatic heterocycles. The van der Waals surface area contributed by atoms with E-state index in [1.54, 1.807) is 0 Å². The second-order valence-electron chi connectivity index (χ2n) is 3.69. The summed E-state index contributed by atoms with van der Waals surface area (Å²) in [5, 5.41) is 1.07. The highest BCUT2D eigenvalue weighted by Crippen LogP contribution is 2.16. The first-order valence-electron chi connectivity index (χ1n) is 5.83. The van der Waals surface area contributed by atoms with E-state index in [1.807, 2.05) is 11.8 Å². The minimum Gasteiger partial charge on any atom is -0.302 e. The van der Waals surface area contributed by atoms with Crippen molar-refractivity contribution in [3.8, 4) is 0 Å². The van der Waals surface area contributed by atoms with Gasteiger partial charge in [-0.25, -0.2) is 0 Å². The lowest BCUT2D eigenvalue weighted by Gasteiger charge is -2.19. The zero-order chi connectivity index (χ0) is 11.6. The van der Waals surface area contributed by atoms with Gasteiger partial charge in [0.05, 0.1) is 0 Å². The molecule has 0 unspecified atom stereocenters. The minimum atomic E-state index is 1.07. The Kier molecular flexibility index (Phi) is 7.99. The van der Waals surface area contributed by atoms with Crippen molar-refractivity contribution < 1.29 is 0 Å². The molecular weight excluding hydrogens is 282 g/mol. The summed E-state index contributed by atoms with van der Waals surface area (Å²) in [6.07, 6.45) is 1.24. The van der Waals surface area contributed by atoms with Crippen LogP contribution in [0.25, 0.3) is 0 Å². The number of alkyl halides is 1. The standard InChI is InChI=1S/C13H20BrNS/c1-2-9-15(10-8-14)11-12-16-13-6-4-3-5-7-13/h3-7H,2,8-12H2,1H3. The molecule has 16 heavy (non-hydrogen) atoms. The highest BCUT2D eigenvalue weighted by atomic mass is 79.9. The van der Waals surface area contributed by atoms with Crippen molar-refractivity contribution in [1.82, 2.24) is 4.90 Å². The van der Waals surface area contributed by atoms with Crippen LogP contribution in [-0.4, -0.2) is 35.6 Å². The Morgan fingerprint density at radius 1 is 1.12 bits per heavy atom. The zero-order valence-corrected chi connectivity index (χ0v) is 12.3. The van der Waals surface area contributed by atoms with Crippen LogP contribution in [0.4, 0.5) is 0 Å². The summed E-state index contributed by atoms with van der Waals surface area (Å²) >= 11 is 5.45. The van der Waals surface area contributed by atoms with Crippen molar-refractivity contribution >= 4 is 27.7 Å². The predicted molar refractivity (Wildman–Crippen MR) is 77.7 cm³/mol. The number of halogens is 1. The van der Waals surface area contributed by atoms with E-state index in [1.165, 1.54) is 30.2 Å². The van der Waals surface area contributed by atoms with Gasteiger partial charge in [0.1, 0.15) is 0 Å². The molecule has 1 rings (SSSR count). The third-order valence-electron chi connectivity index (χ3n) is 2.36. The van der Waals surface area contributed by atoms with Gasteiger partial charge in [-0.3, -0.25) is 0 Å². The van der Waals surface area contributed by atoms with E-state index in [2.05, 4.69) is 58.1 Å². The van der Waals surface area contributed by atoms with Crippen molar-refractivity contribution in [2.75, 3.05) is 30.7 Å². The Morgan fingerprint density at radius 2 is 1.88 bits per heavy atom. The lowest BCUT2D eigenvalue weighted by atomic mass is 10.4. The molecule has 0 aliphatic carbocycles. The summed E-state index contributed by atoms with van der Waals surface area (Å²) in [6.45, 7) is 5.79. The van der Waals surface area contributed by atoms with Crippen LogP contribution in [0, 0.1) is 0 Å². The largest absolute Gasteiger partial charge is 0.302 e. The lowest BCUT2D eigenvalue weighted by molar-refractivity contribution is 0.310. The molecule has 90 valence electrons. The van der Waals surface area contributed by atoms with Gasteiger partial charge >= 0.3 is 0 Å². The van der Waals surface area contributed by atoms with Crippen molar-refractivity contribution in [3.05, 3.63) is 30.3 Å². The maximum atomic E-state index is 3.51. The summed E-state index contributed by atoms with van der Waals surface area (Å²) < 4.78 is 0. The molecule has 0 aliphatic heterocycles. The van der Waals surface area contributed by atoms with Gasteiger partial charge in [-0.05, 0) is 25.1 Å². The molecule has 0 atom stereocenters. The third kappa shape index (κ3) is 5.92. The van der Waals surface area contributed by atoms with Gasteiger partial charge in [0, 0.05) is 29.1 Å². The molecule has 0 fully saturated rings. The Morgan fingerprint density at radius 3 is 2.50 bits per heavy atom. The molecule has 0 bridgehead atoms. The quantitative estimate of drug-likeness (QED) is 0.529. The van der Waals surface area contributed by atoms with E-state index in [0.717, 1.165) is 11.9 Å². The summed E-state index contributed by atoms with van der Waals surface area (Å²) in [5.74, 6) is 1.18. The molecule has 0 N–H and O–H groups in total. The Bertz CT molecular complexity index is 260. The molecule has 0 amide bonds. The van der Waals surface area contributed by atoms with Gasteiger partial charge < -0.3 is 4.90 Å². The summed E-state index contributed by atoms with van der Waals surface area (Å²) in [5.41, 5.74) is 0. The summed E-state index contributed by atoms with van der Waals surface area (Å²) in [7, 11) is 0. The molecular formula is C13H20BrNS. The Hall–Kier alpha value is 0.0100. The van der Waals surface area contributed by atoms with E-state index in [0.29, 0.717) is 0 Å². The van der Waals surface area contributed by atoms with E-state index < -0.39 is 0 Å². The van der Waals surface area contributed by atoms with Crippen molar-refractivity contribution in [1.29, 1.82) is 0 Å². The highest BCUT2D eigenvalue weighted by molar-refractivity contribution is 9.09. The van der Waals surface area contributed by atoms with Crippen LogP contribution in [-0.2, 0) is 0 Å². The normalized spacial score (nSPS) is 10.9. The smallest absolute Gasteiger partial charge is 0.0159 e. The van der Waals surface area contributed by atoms with E-state index >= 15 is 0 Å². The number of thioether (sulfide) groups is 1. The second-order valence-corrected chi connectivity index (χ2v) is 5.65. The molecule has 1 aromatic carbocycles. The average Bonchev–Trinajstić information content (AvgIpc) is 2.31. The molecule has 0 aliphatic rings. The summed E-state index contributed by atoms with van der Waals surface area (Å²) in [6, 6.07) is 10.6. The third-order valence-corrected chi connectivity index (χ3v) is 3.71. The van der Waals surface area contributed by atoms with Crippen LogP contribution in [0.5, 0.6) is 0 Å². The molecule has 0 saturated heterocycles. The number of rotatable bonds is 8. The SMILES string of the molecule is CCCN(CCBr)CCSc1ccccc1. The first kappa shape index (κ1) is 14.1. The molecule has 1 nitrogen and oxygen atoms in total. The van der Waals surface area contributed by atoms with Gasteiger partial charge in [-0.15, -0.1) is 11.8 Å². The number of hydrogen-bond donors (Lipinski definition) is 0. The van der Waals surface area contributed by atoms with Crippen molar-refractivity contribution in [2.45, 2.75) is 18.2 Å². The molecule has 1 aromatic rings. The lowest BCUT2D eigenvalue weighted by Crippen LogP contribution is -2.28. The monoisotopic (exact) mass is 301 g/mol. The predicted octanol–water partition coefficient (Wildman–Crippen LogP) is 3.89. The van der Waals surface area contributed by atoms with Crippen LogP contribution < -0.4 is 0 Å². The van der Waals surface area contributed by atoms with E-state index in [4.69, 9.17) is 0 Å². The molecule has 3 heteroatoms. The minimum absolute atomic E-state index is 1.07. The van der Waals surface area contributed by atoms with Crippen molar-refractivity contribution in [2.24, 2.45) is 0 Å². The van der Waals surface area contributed by atoms with Gasteiger partial charge in [0.2, 0.25) is 0 Å². The Labute approximate surface area is 112 Å². The fourth-order valence-corrected chi connectivity index (χ4v) is 3.02. The highest BCUT2D eigenvalue weighted by Gasteiger charge is 2.02. The number of hydrogen-bond acceptors (Lipinski definition) is 2. The van der Waals surface area contributed by atoms with Crippen LogP contribution in [0.2, 0.25) is 0 Å². The average molecular weight is 302 g/mol. The first-order valence-corrected chi connectivity index (χ1v) is 7.93. The molecule has 0 radical (unpaired) electrons. The van der Waals surface area contributed by atoms with Gasteiger partial charge in [0.15, 0.2) is 0 Å². The van der Waals surface area contributed by atoms with Crippen molar-refractivity contribution in [3.63, 3.8) is 0 Å². The van der Waals surface area contributed by atoms with E-state index in [-0.39, 0.29) is 0 Å². The second kappa shape index (κ2) is 9.08. The molecule has 0 heterocycles. The van der Waals surface area contributed by atoms with Gasteiger partial charge in [-0.1, -0.05) is 41.1 Å². The van der Waals surface area contributed by atoms with Crippen LogP contribution in [0.15, 0.2) is 35.2 Å². The van der Waals surface area contributed by atoms with E-state index in [9.17, 15) is 0 Å². The summed E-state index contributed by atoms with van der Waals surface area (Å²) in [4.78, 5) is 3.89. The van der Waals surface area contributed by atoms with Crippen LogP contribution >= 0.6 is 27.7 Å². The number of nitrogens with zero attached hydrogens (tertiary/aromatic N) is 1. The van der Waals surface area contributed by atoms with Crippen LogP contribution in [0.3, 0.4) is 0 Å². The van der Waals surface area contributed by atoms with Gasteiger partial charge in [0.25, 0.3) is 0 Å². The molecule has 0 spiro atoms. The fourth-order valence-electron chi connectivity index (χ4n) is 1.58. The maximum absolute atomic E-state index is 3.51. The first-order chi connectivity index (χ1) is 7.86. The van der Waals surface area contributed by atoms with Gasteiger partial charge in [-0.2, -0.15) is 0 Å². The topological polar surface area (TPSA) is 3.24 Å². The molecule has 0 saturated carbocycles. The zero-order valence-electron chi connectivity index (χ0n) is 9.86.